The van der Waals surface area contributed by atoms with Crippen molar-refractivity contribution in [1.29, 1.82) is 0 Å². The number of hydrogen-bond acceptors (Lipinski definition) is 7. The number of hydrogen-bond donors (Lipinski definition) is 1. The highest BCUT2D eigenvalue weighted by Gasteiger charge is 2.44. The fourth-order valence-electron chi connectivity index (χ4n) is 6.60. The lowest BCUT2D eigenvalue weighted by atomic mass is 9.83. The van der Waals surface area contributed by atoms with Crippen molar-refractivity contribution in [1.82, 2.24) is 19.8 Å². The Morgan fingerprint density at radius 2 is 1.74 bits per heavy atom. The maximum absolute atomic E-state index is 15.4. The molecule has 1 N–H and O–H groups in total. The van der Waals surface area contributed by atoms with E-state index in [0.29, 0.717) is 24.9 Å². The standard InChI is InChI=1S/C31H33ClF5N5O3S/c1-15-9-40(10-16(2)42(15)28(44)45-29(3,4)5)26-18-6-19(31(35,36)37)23(17-7-20(32)22(34)8-21(17)33)25-24(18)41(27(43)39-26)13-30(14-46-25)11-38-12-30/h6-8,15-16,38H,9-14H2,1-5H3/t15-,16+. The van der Waals surface area contributed by atoms with Crippen molar-refractivity contribution in [2.45, 2.75) is 69.9 Å². The number of thioether (sulfide) groups is 1. The smallest absolute Gasteiger partial charge is 0.417 e. The van der Waals surface area contributed by atoms with E-state index in [1.807, 2.05) is 0 Å². The molecule has 2 aromatic carbocycles. The van der Waals surface area contributed by atoms with Gasteiger partial charge in [-0.25, -0.2) is 18.4 Å². The summed E-state index contributed by atoms with van der Waals surface area (Å²) in [6, 6.07) is 1.34. The van der Waals surface area contributed by atoms with Gasteiger partial charge in [-0.1, -0.05) is 11.6 Å². The van der Waals surface area contributed by atoms with Crippen LogP contribution in [0.5, 0.6) is 0 Å². The molecule has 3 aliphatic rings. The van der Waals surface area contributed by atoms with Crippen molar-refractivity contribution in [2.75, 3.05) is 36.8 Å². The van der Waals surface area contributed by atoms with E-state index in [0.717, 1.165) is 23.9 Å². The van der Waals surface area contributed by atoms with Gasteiger partial charge in [0.25, 0.3) is 0 Å². The number of alkyl halides is 3. The number of amides is 1. The second-order valence-corrected chi connectivity index (χ2v) is 14.8. The van der Waals surface area contributed by atoms with E-state index < -0.39 is 74.4 Å². The van der Waals surface area contributed by atoms with Crippen LogP contribution in [-0.4, -0.2) is 70.2 Å². The van der Waals surface area contributed by atoms with Crippen LogP contribution in [0.15, 0.2) is 27.9 Å². The van der Waals surface area contributed by atoms with Crippen LogP contribution in [0.1, 0.15) is 40.2 Å². The zero-order valence-corrected chi connectivity index (χ0v) is 27.4. The molecule has 1 aromatic heterocycles. The van der Waals surface area contributed by atoms with Crippen molar-refractivity contribution in [2.24, 2.45) is 5.41 Å². The lowest BCUT2D eigenvalue weighted by Gasteiger charge is -2.45. The highest BCUT2D eigenvalue weighted by atomic mass is 35.5. The van der Waals surface area contributed by atoms with Crippen LogP contribution in [0.25, 0.3) is 22.0 Å². The molecule has 46 heavy (non-hydrogen) atoms. The number of ether oxygens (including phenoxy) is 1. The summed E-state index contributed by atoms with van der Waals surface area (Å²) in [5.41, 5.74) is -3.82. The second kappa shape index (κ2) is 11.3. The van der Waals surface area contributed by atoms with E-state index in [1.54, 1.807) is 44.4 Å². The summed E-state index contributed by atoms with van der Waals surface area (Å²) in [6.45, 7) is 10.4. The molecule has 2 saturated heterocycles. The van der Waals surface area contributed by atoms with Gasteiger partial charge in [-0.05, 0) is 46.8 Å². The highest BCUT2D eigenvalue weighted by Crippen LogP contribution is 2.51. The fourth-order valence-corrected chi connectivity index (χ4v) is 8.23. The first-order valence-electron chi connectivity index (χ1n) is 14.8. The van der Waals surface area contributed by atoms with Crippen LogP contribution in [0.2, 0.25) is 5.02 Å². The first kappa shape index (κ1) is 32.8. The van der Waals surface area contributed by atoms with E-state index >= 15 is 4.39 Å². The molecule has 6 rings (SSSR count). The number of nitrogens with zero attached hydrogens (tertiary/aromatic N) is 4. The van der Waals surface area contributed by atoms with Crippen LogP contribution in [0.3, 0.4) is 0 Å². The van der Waals surface area contributed by atoms with E-state index in [1.165, 1.54) is 4.57 Å². The number of halogens is 6. The SMILES string of the molecule is C[C@@H]1CN(c2nc(=O)n3c4c(c(-c5cc(Cl)c(F)cc5F)c(C(F)(F)F)cc24)SCC2(CNC2)C3)C[C@H](C)N1C(=O)OC(C)(C)C. The summed E-state index contributed by atoms with van der Waals surface area (Å²) in [7, 11) is 0. The predicted octanol–water partition coefficient (Wildman–Crippen LogP) is 6.54. The molecule has 0 saturated carbocycles. The molecule has 15 heteroatoms. The highest BCUT2D eigenvalue weighted by molar-refractivity contribution is 7.99. The van der Waals surface area contributed by atoms with Gasteiger partial charge < -0.3 is 15.0 Å². The maximum Gasteiger partial charge on any atom is 0.417 e. The molecule has 248 valence electrons. The molecule has 0 bridgehead atoms. The van der Waals surface area contributed by atoms with Gasteiger partial charge in [0.15, 0.2) is 0 Å². The summed E-state index contributed by atoms with van der Waals surface area (Å²) in [5, 5.41) is 2.72. The van der Waals surface area contributed by atoms with Crippen LogP contribution in [0, 0.1) is 17.0 Å². The summed E-state index contributed by atoms with van der Waals surface area (Å²) < 4.78 is 81.5. The van der Waals surface area contributed by atoms with Gasteiger partial charge in [0.1, 0.15) is 23.1 Å². The number of piperazine rings is 1. The van der Waals surface area contributed by atoms with Gasteiger partial charge in [-0.3, -0.25) is 9.47 Å². The molecular formula is C31H33ClF5N5O3S. The fraction of sp³-hybridized carbons (Fsp3) is 0.516. The third-order valence-electron chi connectivity index (χ3n) is 8.62. The van der Waals surface area contributed by atoms with Crippen LogP contribution in [-0.2, 0) is 17.5 Å². The Labute approximate surface area is 271 Å². The van der Waals surface area contributed by atoms with Gasteiger partial charge in [-0.15, -0.1) is 11.8 Å². The molecule has 0 unspecified atom stereocenters. The number of rotatable bonds is 2. The topological polar surface area (TPSA) is 79.7 Å². The van der Waals surface area contributed by atoms with E-state index in [-0.39, 0.29) is 41.3 Å². The first-order valence-corrected chi connectivity index (χ1v) is 16.2. The molecule has 0 aliphatic carbocycles. The first-order chi connectivity index (χ1) is 21.4. The van der Waals surface area contributed by atoms with E-state index in [9.17, 15) is 27.2 Å². The summed E-state index contributed by atoms with van der Waals surface area (Å²) in [6.07, 6.45) is -5.49. The number of benzene rings is 2. The van der Waals surface area contributed by atoms with Gasteiger partial charge in [0, 0.05) is 71.4 Å². The minimum Gasteiger partial charge on any atom is -0.444 e. The summed E-state index contributed by atoms with van der Waals surface area (Å²) in [5.74, 6) is -1.93. The maximum atomic E-state index is 15.4. The Kier molecular flexibility index (Phi) is 8.03. The summed E-state index contributed by atoms with van der Waals surface area (Å²) in [4.78, 5) is 34.6. The van der Waals surface area contributed by atoms with Crippen molar-refractivity contribution in [3.05, 3.63) is 50.9 Å². The van der Waals surface area contributed by atoms with Crippen LogP contribution >= 0.6 is 23.4 Å². The average molecular weight is 686 g/mol. The minimum atomic E-state index is -4.97. The molecular weight excluding hydrogens is 653 g/mol. The number of nitrogens with one attached hydrogen (secondary N) is 1. The summed E-state index contributed by atoms with van der Waals surface area (Å²) >= 11 is 7.08. The largest absolute Gasteiger partial charge is 0.444 e. The van der Waals surface area contributed by atoms with E-state index in [4.69, 9.17) is 16.3 Å². The zero-order valence-electron chi connectivity index (χ0n) is 25.8. The molecule has 2 atom stereocenters. The van der Waals surface area contributed by atoms with Gasteiger partial charge in [-0.2, -0.15) is 18.2 Å². The van der Waals surface area contributed by atoms with Crippen LogP contribution in [0.4, 0.5) is 32.6 Å². The Morgan fingerprint density at radius 1 is 1.09 bits per heavy atom. The van der Waals surface area contributed by atoms with Gasteiger partial charge in [0.05, 0.1) is 28.2 Å². The number of carbonyl (C=O) groups excluding carboxylic acids is 1. The lowest BCUT2D eigenvalue weighted by Crippen LogP contribution is -2.60. The zero-order chi connectivity index (χ0) is 33.5. The Morgan fingerprint density at radius 3 is 2.30 bits per heavy atom. The Bertz CT molecular complexity index is 1790. The molecule has 1 spiro atoms. The minimum absolute atomic E-state index is 0.0398. The molecule has 8 nitrogen and oxygen atoms in total. The van der Waals surface area contributed by atoms with Crippen molar-refractivity contribution in [3.8, 4) is 11.1 Å². The molecule has 0 radical (unpaired) electrons. The van der Waals surface area contributed by atoms with Gasteiger partial charge >= 0.3 is 18.0 Å². The normalized spacial score (nSPS) is 21.4. The third kappa shape index (κ3) is 5.70. The molecule has 4 heterocycles. The Hall–Kier alpha value is -3.10. The number of anilines is 1. The second-order valence-electron chi connectivity index (χ2n) is 13.5. The van der Waals surface area contributed by atoms with E-state index in [2.05, 4.69) is 10.3 Å². The monoisotopic (exact) mass is 685 g/mol. The van der Waals surface area contributed by atoms with Crippen molar-refractivity contribution >= 4 is 46.2 Å². The lowest BCUT2D eigenvalue weighted by molar-refractivity contribution is -0.137. The van der Waals surface area contributed by atoms with Gasteiger partial charge in [0.2, 0.25) is 0 Å². The van der Waals surface area contributed by atoms with Crippen molar-refractivity contribution in [3.63, 3.8) is 0 Å². The van der Waals surface area contributed by atoms with Crippen molar-refractivity contribution < 1.29 is 31.5 Å². The number of carbonyl (C=O) groups is 1. The predicted molar refractivity (Wildman–Crippen MR) is 167 cm³/mol. The Balaban J connectivity index is 1.59. The number of aromatic nitrogens is 2. The molecule has 1 amide bonds. The third-order valence-corrected chi connectivity index (χ3v) is 10.4. The average Bonchev–Trinajstić information content (AvgIpc) is 3.09. The molecule has 3 aromatic rings. The molecule has 3 aliphatic heterocycles. The van der Waals surface area contributed by atoms with Crippen LogP contribution < -0.4 is 15.9 Å². The molecule has 2 fully saturated rings. The quantitative estimate of drug-likeness (QED) is 0.242.